The molecule has 7 heteroatoms. The SMILES string of the molecule is O=C(NC1CCCc2ccccc21)c1cc2n(n1)CCN(Cc1cccc(F)c1)C2=O. The van der Waals surface area contributed by atoms with Crippen molar-refractivity contribution in [2.45, 2.75) is 38.4 Å². The molecule has 1 N–H and O–H groups in total. The average Bonchev–Trinajstić information content (AvgIpc) is 3.22. The third-order valence-electron chi connectivity index (χ3n) is 6.04. The first-order valence-electron chi connectivity index (χ1n) is 10.6. The van der Waals surface area contributed by atoms with E-state index in [9.17, 15) is 14.0 Å². The van der Waals surface area contributed by atoms with Gasteiger partial charge in [-0.15, -0.1) is 0 Å². The van der Waals surface area contributed by atoms with Gasteiger partial charge in [0.2, 0.25) is 0 Å². The van der Waals surface area contributed by atoms with Crippen LogP contribution in [0.25, 0.3) is 0 Å². The molecule has 1 atom stereocenters. The van der Waals surface area contributed by atoms with E-state index in [2.05, 4.69) is 22.5 Å². The molecule has 2 aromatic carbocycles. The number of nitrogens with one attached hydrogen (secondary N) is 1. The zero-order valence-electron chi connectivity index (χ0n) is 17.1. The molecule has 0 fully saturated rings. The summed E-state index contributed by atoms with van der Waals surface area (Å²) in [5.74, 6) is -0.798. The van der Waals surface area contributed by atoms with Gasteiger partial charge < -0.3 is 10.2 Å². The Morgan fingerprint density at radius 3 is 2.87 bits per heavy atom. The van der Waals surface area contributed by atoms with Crippen LogP contribution in [0, 0.1) is 5.82 Å². The number of fused-ring (bicyclic) bond motifs is 2. The van der Waals surface area contributed by atoms with Crippen molar-refractivity contribution in [3.63, 3.8) is 0 Å². The molecule has 2 heterocycles. The van der Waals surface area contributed by atoms with Crippen molar-refractivity contribution >= 4 is 11.8 Å². The van der Waals surface area contributed by atoms with E-state index in [1.165, 1.54) is 17.7 Å². The van der Waals surface area contributed by atoms with E-state index in [4.69, 9.17) is 0 Å². The number of carbonyl (C=O) groups is 2. The van der Waals surface area contributed by atoms with E-state index in [1.807, 2.05) is 12.1 Å². The number of hydrogen-bond donors (Lipinski definition) is 1. The number of aryl methyl sites for hydroxylation is 1. The minimum Gasteiger partial charge on any atom is -0.344 e. The Bertz CT molecular complexity index is 1160. The van der Waals surface area contributed by atoms with Gasteiger partial charge in [0, 0.05) is 19.2 Å². The summed E-state index contributed by atoms with van der Waals surface area (Å²) in [5.41, 5.74) is 3.79. The van der Waals surface area contributed by atoms with Crippen LogP contribution in [0.5, 0.6) is 0 Å². The van der Waals surface area contributed by atoms with Crippen molar-refractivity contribution in [3.05, 3.63) is 88.5 Å². The Hall–Kier alpha value is -3.48. The van der Waals surface area contributed by atoms with Crippen LogP contribution in [-0.2, 0) is 19.5 Å². The van der Waals surface area contributed by atoms with Crippen LogP contribution >= 0.6 is 0 Å². The second-order valence-electron chi connectivity index (χ2n) is 8.11. The van der Waals surface area contributed by atoms with E-state index in [1.54, 1.807) is 27.8 Å². The van der Waals surface area contributed by atoms with Crippen LogP contribution < -0.4 is 5.32 Å². The van der Waals surface area contributed by atoms with Crippen molar-refractivity contribution in [2.24, 2.45) is 0 Å². The predicted octanol–water partition coefficient (Wildman–Crippen LogP) is 3.49. The molecule has 0 saturated carbocycles. The van der Waals surface area contributed by atoms with Crippen LogP contribution in [0.4, 0.5) is 4.39 Å². The number of nitrogens with zero attached hydrogens (tertiary/aromatic N) is 3. The summed E-state index contributed by atoms with van der Waals surface area (Å²) in [4.78, 5) is 27.5. The maximum atomic E-state index is 13.5. The minimum absolute atomic E-state index is 0.0450. The lowest BCUT2D eigenvalue weighted by Gasteiger charge is -2.27. The topological polar surface area (TPSA) is 67.2 Å². The Morgan fingerprint density at radius 2 is 2.00 bits per heavy atom. The molecule has 3 aromatic rings. The standard InChI is InChI=1S/C24H23FN4O2/c25-18-8-3-5-16(13-18)15-28-11-12-29-22(24(28)31)14-21(27-29)23(30)26-20-10-4-7-17-6-1-2-9-19(17)20/h1-3,5-6,8-9,13-14,20H,4,7,10-12,15H2,(H,26,30). The zero-order chi connectivity index (χ0) is 21.4. The van der Waals surface area contributed by atoms with Gasteiger partial charge in [-0.1, -0.05) is 36.4 Å². The Labute approximate surface area is 179 Å². The molecule has 0 bridgehead atoms. The van der Waals surface area contributed by atoms with E-state index >= 15 is 0 Å². The van der Waals surface area contributed by atoms with Gasteiger partial charge >= 0.3 is 0 Å². The molecule has 6 nitrogen and oxygen atoms in total. The number of amides is 2. The van der Waals surface area contributed by atoms with E-state index in [0.717, 1.165) is 30.4 Å². The highest BCUT2D eigenvalue weighted by molar-refractivity contribution is 5.98. The molecule has 0 radical (unpaired) electrons. The summed E-state index contributed by atoms with van der Waals surface area (Å²) >= 11 is 0. The van der Waals surface area contributed by atoms with Crippen molar-refractivity contribution in [1.29, 1.82) is 0 Å². The number of hydrogen-bond acceptors (Lipinski definition) is 3. The first-order valence-corrected chi connectivity index (χ1v) is 10.6. The highest BCUT2D eigenvalue weighted by Gasteiger charge is 2.29. The van der Waals surface area contributed by atoms with Gasteiger partial charge in [0.1, 0.15) is 11.5 Å². The predicted molar refractivity (Wildman–Crippen MR) is 113 cm³/mol. The van der Waals surface area contributed by atoms with E-state index in [-0.39, 0.29) is 29.4 Å². The second-order valence-corrected chi connectivity index (χ2v) is 8.11. The highest BCUT2D eigenvalue weighted by atomic mass is 19.1. The molecule has 2 aliphatic rings. The Balaban J connectivity index is 1.31. The van der Waals surface area contributed by atoms with E-state index in [0.29, 0.717) is 25.3 Å². The van der Waals surface area contributed by atoms with Crippen LogP contribution in [0.1, 0.15) is 56.6 Å². The lowest BCUT2D eigenvalue weighted by Crippen LogP contribution is -2.39. The molecule has 31 heavy (non-hydrogen) atoms. The van der Waals surface area contributed by atoms with Gasteiger partial charge in [-0.25, -0.2) is 4.39 Å². The number of rotatable bonds is 4. The molecule has 158 valence electrons. The highest BCUT2D eigenvalue weighted by Crippen LogP contribution is 2.29. The number of carbonyl (C=O) groups excluding carboxylic acids is 2. The van der Waals surface area contributed by atoms with E-state index < -0.39 is 0 Å². The van der Waals surface area contributed by atoms with Gasteiger partial charge in [0.05, 0.1) is 12.6 Å². The van der Waals surface area contributed by atoms with Gasteiger partial charge in [-0.05, 0) is 48.1 Å². The molecule has 0 saturated heterocycles. The molecular formula is C24H23FN4O2. The summed E-state index contributed by atoms with van der Waals surface area (Å²) in [7, 11) is 0. The van der Waals surface area contributed by atoms with Crippen LogP contribution in [0.15, 0.2) is 54.6 Å². The molecule has 2 amide bonds. The summed E-state index contributed by atoms with van der Waals surface area (Å²) in [6.07, 6.45) is 2.93. The molecule has 1 unspecified atom stereocenters. The average molecular weight is 418 g/mol. The van der Waals surface area contributed by atoms with Crippen LogP contribution in [-0.4, -0.2) is 33.0 Å². The molecule has 5 rings (SSSR count). The number of benzene rings is 2. The summed E-state index contributed by atoms with van der Waals surface area (Å²) < 4.78 is 15.1. The fourth-order valence-corrected chi connectivity index (χ4v) is 4.49. The smallest absolute Gasteiger partial charge is 0.272 e. The van der Waals surface area contributed by atoms with Crippen molar-refractivity contribution in [1.82, 2.24) is 20.0 Å². The van der Waals surface area contributed by atoms with Gasteiger partial charge in [0.15, 0.2) is 5.69 Å². The van der Waals surface area contributed by atoms with Crippen molar-refractivity contribution in [2.75, 3.05) is 6.54 Å². The molecule has 1 aromatic heterocycles. The molecular weight excluding hydrogens is 395 g/mol. The largest absolute Gasteiger partial charge is 0.344 e. The first kappa shape index (κ1) is 19.5. The fraction of sp³-hybridized carbons (Fsp3) is 0.292. The second kappa shape index (κ2) is 7.98. The maximum absolute atomic E-state index is 13.5. The Morgan fingerprint density at radius 1 is 1.13 bits per heavy atom. The summed E-state index contributed by atoms with van der Waals surface area (Å²) in [6.45, 7) is 1.28. The number of aromatic nitrogens is 2. The normalized spacial score (nSPS) is 17.8. The van der Waals surface area contributed by atoms with Crippen molar-refractivity contribution in [3.8, 4) is 0 Å². The fourth-order valence-electron chi connectivity index (χ4n) is 4.49. The lowest BCUT2D eigenvalue weighted by atomic mass is 9.87. The van der Waals surface area contributed by atoms with Crippen LogP contribution in [0.2, 0.25) is 0 Å². The van der Waals surface area contributed by atoms with Crippen LogP contribution in [0.3, 0.4) is 0 Å². The zero-order valence-corrected chi connectivity index (χ0v) is 17.1. The monoisotopic (exact) mass is 418 g/mol. The quantitative estimate of drug-likeness (QED) is 0.705. The summed E-state index contributed by atoms with van der Waals surface area (Å²) in [5, 5.41) is 7.47. The lowest BCUT2D eigenvalue weighted by molar-refractivity contribution is 0.0682. The number of halogens is 1. The van der Waals surface area contributed by atoms with Gasteiger partial charge in [-0.2, -0.15) is 5.10 Å². The Kier molecular flexibility index (Phi) is 5.02. The van der Waals surface area contributed by atoms with Gasteiger partial charge in [-0.3, -0.25) is 14.3 Å². The van der Waals surface area contributed by atoms with Gasteiger partial charge in [0.25, 0.3) is 11.8 Å². The molecule has 1 aliphatic heterocycles. The molecule has 0 spiro atoms. The third-order valence-corrected chi connectivity index (χ3v) is 6.04. The first-order chi connectivity index (χ1) is 15.1. The summed E-state index contributed by atoms with van der Waals surface area (Å²) in [6, 6.07) is 15.9. The minimum atomic E-state index is -0.324. The molecule has 1 aliphatic carbocycles. The van der Waals surface area contributed by atoms with Crippen molar-refractivity contribution < 1.29 is 14.0 Å². The third kappa shape index (κ3) is 3.83. The maximum Gasteiger partial charge on any atom is 0.272 e.